The molecule has 1 amide bonds. The van der Waals surface area contributed by atoms with Crippen LogP contribution in [0.3, 0.4) is 0 Å². The lowest BCUT2D eigenvalue weighted by atomic mass is 10.0. The minimum Gasteiger partial charge on any atom is -0.496 e. The van der Waals surface area contributed by atoms with E-state index in [0.29, 0.717) is 34.7 Å². The summed E-state index contributed by atoms with van der Waals surface area (Å²) in [5.74, 6) is 1.30. The number of nitrogens with one attached hydrogen (secondary N) is 1. The van der Waals surface area contributed by atoms with E-state index in [1.807, 2.05) is 50.2 Å². The zero-order valence-corrected chi connectivity index (χ0v) is 19.2. The standard InChI is InChI=1S/C22H26BrN3O4/c1-5-29-20-11-15(12-24)10-17(23)22(20)30-14-21(27)25-13-18(26(2)3)16-8-6-7-9-19(16)28-4/h6-11,18H,5,13-14H2,1-4H3,(H,25,27). The molecule has 0 aromatic heterocycles. The van der Waals surface area contributed by atoms with Crippen molar-refractivity contribution in [3.8, 4) is 23.3 Å². The van der Waals surface area contributed by atoms with Crippen molar-refractivity contribution < 1.29 is 19.0 Å². The topological polar surface area (TPSA) is 83.8 Å². The molecule has 0 heterocycles. The molecule has 2 aromatic rings. The van der Waals surface area contributed by atoms with Crippen LogP contribution in [0.2, 0.25) is 0 Å². The number of methoxy groups -OCH3 is 1. The van der Waals surface area contributed by atoms with Crippen LogP contribution in [0.4, 0.5) is 0 Å². The Balaban J connectivity index is 2.05. The molecule has 2 rings (SSSR count). The van der Waals surface area contributed by atoms with E-state index in [0.717, 1.165) is 11.3 Å². The third-order valence-electron chi connectivity index (χ3n) is 4.40. The number of hydrogen-bond donors (Lipinski definition) is 1. The zero-order valence-electron chi connectivity index (χ0n) is 17.6. The Kier molecular flexibility index (Phi) is 8.96. The van der Waals surface area contributed by atoms with Crippen LogP contribution >= 0.6 is 15.9 Å². The number of amides is 1. The predicted molar refractivity (Wildman–Crippen MR) is 118 cm³/mol. The Hall–Kier alpha value is -2.76. The van der Waals surface area contributed by atoms with Gasteiger partial charge in [0.1, 0.15) is 5.75 Å². The van der Waals surface area contributed by atoms with Crippen molar-refractivity contribution in [2.75, 3.05) is 41.0 Å². The van der Waals surface area contributed by atoms with E-state index in [9.17, 15) is 4.79 Å². The third kappa shape index (κ3) is 6.12. The van der Waals surface area contributed by atoms with Gasteiger partial charge >= 0.3 is 0 Å². The molecule has 0 aliphatic heterocycles. The fourth-order valence-electron chi connectivity index (χ4n) is 2.95. The Morgan fingerprint density at radius 1 is 1.23 bits per heavy atom. The first-order valence-electron chi connectivity index (χ1n) is 9.46. The van der Waals surface area contributed by atoms with Crippen molar-refractivity contribution >= 4 is 21.8 Å². The molecule has 7 nitrogen and oxygen atoms in total. The average molecular weight is 476 g/mol. The number of para-hydroxylation sites is 1. The first-order chi connectivity index (χ1) is 14.4. The number of likely N-dealkylation sites (N-methyl/N-ethyl adjacent to an activating group) is 1. The number of ether oxygens (including phenoxy) is 3. The molecule has 1 N–H and O–H groups in total. The summed E-state index contributed by atoms with van der Waals surface area (Å²) >= 11 is 3.38. The molecule has 0 aliphatic rings. The molecule has 0 spiro atoms. The highest BCUT2D eigenvalue weighted by Crippen LogP contribution is 2.36. The smallest absolute Gasteiger partial charge is 0.258 e. The second kappa shape index (κ2) is 11.4. The predicted octanol–water partition coefficient (Wildman–Crippen LogP) is 3.53. The lowest BCUT2D eigenvalue weighted by Crippen LogP contribution is -2.37. The van der Waals surface area contributed by atoms with Crippen molar-refractivity contribution in [2.24, 2.45) is 0 Å². The lowest BCUT2D eigenvalue weighted by Gasteiger charge is -2.26. The highest BCUT2D eigenvalue weighted by molar-refractivity contribution is 9.10. The number of nitriles is 1. The number of rotatable bonds is 10. The first-order valence-corrected chi connectivity index (χ1v) is 10.3. The van der Waals surface area contributed by atoms with Gasteiger partial charge in [-0.3, -0.25) is 4.79 Å². The van der Waals surface area contributed by atoms with E-state index in [4.69, 9.17) is 19.5 Å². The third-order valence-corrected chi connectivity index (χ3v) is 4.99. The summed E-state index contributed by atoms with van der Waals surface area (Å²) in [4.78, 5) is 14.5. The molecular formula is C22H26BrN3O4. The summed E-state index contributed by atoms with van der Waals surface area (Å²) in [6, 6.07) is 12.9. The Morgan fingerprint density at radius 3 is 2.60 bits per heavy atom. The van der Waals surface area contributed by atoms with Gasteiger partial charge in [-0.05, 0) is 49.1 Å². The molecule has 30 heavy (non-hydrogen) atoms. The summed E-state index contributed by atoms with van der Waals surface area (Å²) in [5, 5.41) is 12.0. The van der Waals surface area contributed by atoms with Gasteiger partial charge in [-0.25, -0.2) is 0 Å². The average Bonchev–Trinajstić information content (AvgIpc) is 2.73. The fourth-order valence-corrected chi connectivity index (χ4v) is 3.50. The van der Waals surface area contributed by atoms with E-state index in [1.54, 1.807) is 19.2 Å². The summed E-state index contributed by atoms with van der Waals surface area (Å²) in [5.41, 5.74) is 1.42. The summed E-state index contributed by atoms with van der Waals surface area (Å²) in [7, 11) is 5.52. The second-order valence-corrected chi connectivity index (χ2v) is 7.50. The van der Waals surface area contributed by atoms with Crippen molar-refractivity contribution in [1.29, 1.82) is 5.26 Å². The van der Waals surface area contributed by atoms with Crippen LogP contribution in [-0.2, 0) is 4.79 Å². The second-order valence-electron chi connectivity index (χ2n) is 6.64. The molecule has 2 aromatic carbocycles. The van der Waals surface area contributed by atoms with Gasteiger partial charge in [0.2, 0.25) is 0 Å². The molecule has 0 saturated carbocycles. The number of carbonyl (C=O) groups is 1. The molecule has 0 fully saturated rings. The van der Waals surface area contributed by atoms with E-state index >= 15 is 0 Å². The molecule has 1 unspecified atom stereocenters. The Morgan fingerprint density at radius 2 is 1.97 bits per heavy atom. The SMILES string of the molecule is CCOc1cc(C#N)cc(Br)c1OCC(=O)NCC(c1ccccc1OC)N(C)C. The van der Waals surface area contributed by atoms with E-state index in [-0.39, 0.29) is 18.6 Å². The molecule has 8 heteroatoms. The van der Waals surface area contributed by atoms with E-state index < -0.39 is 0 Å². The highest BCUT2D eigenvalue weighted by Gasteiger charge is 2.20. The minimum absolute atomic E-state index is 0.0641. The fraction of sp³-hybridized carbons (Fsp3) is 0.364. The van der Waals surface area contributed by atoms with Crippen LogP contribution in [0.1, 0.15) is 24.1 Å². The number of halogens is 1. The van der Waals surface area contributed by atoms with Crippen LogP contribution < -0.4 is 19.5 Å². The molecule has 0 aliphatic carbocycles. The van der Waals surface area contributed by atoms with Crippen LogP contribution in [0, 0.1) is 11.3 Å². The zero-order chi connectivity index (χ0) is 22.1. The van der Waals surface area contributed by atoms with Gasteiger partial charge in [0.15, 0.2) is 18.1 Å². The van der Waals surface area contributed by atoms with Gasteiger partial charge in [-0.2, -0.15) is 5.26 Å². The lowest BCUT2D eigenvalue weighted by molar-refractivity contribution is -0.123. The monoisotopic (exact) mass is 475 g/mol. The number of carbonyl (C=O) groups excluding carboxylic acids is 1. The van der Waals surface area contributed by atoms with Crippen LogP contribution in [0.5, 0.6) is 17.2 Å². The van der Waals surface area contributed by atoms with Gasteiger partial charge in [0.25, 0.3) is 5.91 Å². The van der Waals surface area contributed by atoms with E-state index in [1.165, 1.54) is 0 Å². The van der Waals surface area contributed by atoms with Crippen LogP contribution in [0.15, 0.2) is 40.9 Å². The molecule has 1 atom stereocenters. The quantitative estimate of drug-likeness (QED) is 0.565. The van der Waals surface area contributed by atoms with Crippen molar-refractivity contribution in [3.05, 3.63) is 52.0 Å². The van der Waals surface area contributed by atoms with Gasteiger partial charge in [-0.15, -0.1) is 0 Å². The summed E-state index contributed by atoms with van der Waals surface area (Å²) < 4.78 is 17.2. The number of nitrogens with zero attached hydrogens (tertiary/aromatic N) is 2. The Labute approximate surface area is 185 Å². The summed E-state index contributed by atoms with van der Waals surface area (Å²) in [6.07, 6.45) is 0. The normalized spacial score (nSPS) is 11.5. The first kappa shape index (κ1) is 23.5. The highest BCUT2D eigenvalue weighted by atomic mass is 79.9. The van der Waals surface area contributed by atoms with E-state index in [2.05, 4.69) is 27.3 Å². The van der Waals surface area contributed by atoms with Crippen LogP contribution in [-0.4, -0.2) is 51.8 Å². The maximum Gasteiger partial charge on any atom is 0.258 e. The van der Waals surface area contributed by atoms with Gasteiger partial charge < -0.3 is 24.4 Å². The molecular weight excluding hydrogens is 450 g/mol. The molecule has 0 bridgehead atoms. The maximum atomic E-state index is 12.4. The Bertz CT molecular complexity index is 912. The molecule has 0 saturated heterocycles. The van der Waals surface area contributed by atoms with Gasteiger partial charge in [-0.1, -0.05) is 18.2 Å². The number of hydrogen-bond acceptors (Lipinski definition) is 6. The van der Waals surface area contributed by atoms with Gasteiger partial charge in [0, 0.05) is 18.2 Å². The maximum absolute atomic E-state index is 12.4. The number of benzene rings is 2. The largest absolute Gasteiger partial charge is 0.496 e. The van der Waals surface area contributed by atoms with Crippen molar-refractivity contribution in [3.63, 3.8) is 0 Å². The van der Waals surface area contributed by atoms with Crippen LogP contribution in [0.25, 0.3) is 0 Å². The molecule has 160 valence electrons. The van der Waals surface area contributed by atoms with Gasteiger partial charge in [0.05, 0.1) is 35.9 Å². The molecule has 0 radical (unpaired) electrons. The van der Waals surface area contributed by atoms with Crippen molar-refractivity contribution in [1.82, 2.24) is 10.2 Å². The summed E-state index contributed by atoms with van der Waals surface area (Å²) in [6.45, 7) is 2.45. The minimum atomic E-state index is -0.268. The van der Waals surface area contributed by atoms with Crippen molar-refractivity contribution in [2.45, 2.75) is 13.0 Å².